The number of nitrogens with two attached hydrogens (primary N) is 1. The van der Waals surface area contributed by atoms with Crippen molar-refractivity contribution in [2.45, 2.75) is 33.8 Å². The van der Waals surface area contributed by atoms with Gasteiger partial charge in [-0.1, -0.05) is 24.3 Å². The average molecular weight is 325 g/mol. The number of nitrogens with one attached hydrogen (secondary N) is 1. The number of hydrogen-bond donors (Lipinski definition) is 2. The van der Waals surface area contributed by atoms with E-state index >= 15 is 0 Å². The highest BCUT2D eigenvalue weighted by Gasteiger charge is 2.15. The molecule has 2 aromatic carbocycles. The first-order valence-electron chi connectivity index (χ1n) is 7.81. The fraction of sp³-hybridized carbons (Fsp3) is 0.263. The number of anilines is 1. The quantitative estimate of drug-likeness (QED) is 0.503. The third kappa shape index (κ3) is 4.35. The van der Waals surface area contributed by atoms with Crippen LogP contribution in [0.25, 0.3) is 0 Å². The van der Waals surface area contributed by atoms with Crippen LogP contribution in [0.1, 0.15) is 30.5 Å². The molecule has 0 aliphatic carbocycles. The van der Waals surface area contributed by atoms with Crippen LogP contribution in [0.2, 0.25) is 0 Å². The minimum absolute atomic E-state index is 0.300. The molecule has 5 heteroatoms. The molecular weight excluding hydrogens is 302 g/mol. The summed E-state index contributed by atoms with van der Waals surface area (Å²) in [7, 11) is 0. The van der Waals surface area contributed by atoms with Crippen molar-refractivity contribution in [1.29, 1.82) is 0 Å². The van der Waals surface area contributed by atoms with Crippen LogP contribution in [-0.2, 0) is 4.79 Å². The van der Waals surface area contributed by atoms with Crippen molar-refractivity contribution in [3.05, 3.63) is 59.2 Å². The number of carbonyl (C=O) groups excluding carboxylic acids is 1. The maximum atomic E-state index is 12.2. The van der Waals surface area contributed by atoms with Gasteiger partial charge in [-0.05, 0) is 62.6 Å². The van der Waals surface area contributed by atoms with E-state index in [1.54, 1.807) is 19.1 Å². The van der Waals surface area contributed by atoms with Gasteiger partial charge in [-0.2, -0.15) is 5.10 Å². The first-order chi connectivity index (χ1) is 11.4. The Hall–Kier alpha value is -2.82. The van der Waals surface area contributed by atoms with Gasteiger partial charge >= 0.3 is 0 Å². The summed E-state index contributed by atoms with van der Waals surface area (Å²) in [6, 6.07) is 13.1. The van der Waals surface area contributed by atoms with Crippen molar-refractivity contribution in [1.82, 2.24) is 5.43 Å². The molecule has 0 unspecified atom stereocenters. The summed E-state index contributed by atoms with van der Waals surface area (Å²) in [5, 5.41) is 4.12. The van der Waals surface area contributed by atoms with Crippen LogP contribution in [0.15, 0.2) is 47.6 Å². The molecule has 3 N–H and O–H groups in total. The van der Waals surface area contributed by atoms with Crippen LogP contribution >= 0.6 is 0 Å². The second-order valence-electron chi connectivity index (χ2n) is 5.75. The molecule has 0 heterocycles. The number of amides is 1. The molecule has 0 spiro atoms. The molecule has 5 nitrogen and oxygen atoms in total. The van der Waals surface area contributed by atoms with Gasteiger partial charge in [-0.25, -0.2) is 5.43 Å². The fourth-order valence-corrected chi connectivity index (χ4v) is 2.11. The SMILES string of the molecule is C/C(=N/NC(=O)[C@@H](C)Oc1cccc(C)c1C)c1ccc(N)cc1. The van der Waals surface area contributed by atoms with E-state index in [0.29, 0.717) is 17.1 Å². The third-order valence-corrected chi connectivity index (χ3v) is 3.89. The van der Waals surface area contributed by atoms with Crippen LogP contribution < -0.4 is 15.9 Å². The smallest absolute Gasteiger partial charge is 0.280 e. The van der Waals surface area contributed by atoms with E-state index < -0.39 is 6.10 Å². The van der Waals surface area contributed by atoms with Crippen LogP contribution in [-0.4, -0.2) is 17.7 Å². The lowest BCUT2D eigenvalue weighted by atomic mass is 10.1. The molecule has 0 radical (unpaired) electrons. The molecule has 0 saturated heterocycles. The second-order valence-corrected chi connectivity index (χ2v) is 5.75. The standard InChI is InChI=1S/C19H23N3O2/c1-12-6-5-7-18(13(12)2)24-15(4)19(23)22-21-14(3)16-8-10-17(20)11-9-16/h5-11,15H,20H2,1-4H3,(H,22,23)/b21-14-/t15-/m1/s1. The molecular formula is C19H23N3O2. The number of hydrogen-bond acceptors (Lipinski definition) is 4. The molecule has 0 aliphatic heterocycles. The maximum Gasteiger partial charge on any atom is 0.280 e. The number of nitrogen functional groups attached to an aromatic ring is 1. The van der Waals surface area contributed by atoms with Crippen molar-refractivity contribution in [3.63, 3.8) is 0 Å². The van der Waals surface area contributed by atoms with E-state index in [-0.39, 0.29) is 5.91 Å². The van der Waals surface area contributed by atoms with Gasteiger partial charge in [-0.3, -0.25) is 4.79 Å². The summed E-state index contributed by atoms with van der Waals surface area (Å²) in [5.41, 5.74) is 12.6. The monoisotopic (exact) mass is 325 g/mol. The molecule has 1 atom stereocenters. The summed E-state index contributed by atoms with van der Waals surface area (Å²) in [6.07, 6.45) is -0.645. The van der Waals surface area contributed by atoms with Gasteiger partial charge in [-0.15, -0.1) is 0 Å². The first-order valence-corrected chi connectivity index (χ1v) is 7.81. The van der Waals surface area contributed by atoms with Gasteiger partial charge in [0, 0.05) is 5.69 Å². The van der Waals surface area contributed by atoms with Crippen molar-refractivity contribution < 1.29 is 9.53 Å². The van der Waals surface area contributed by atoms with E-state index in [1.165, 1.54) is 0 Å². The van der Waals surface area contributed by atoms with Gasteiger partial charge in [0.2, 0.25) is 0 Å². The van der Waals surface area contributed by atoms with Crippen LogP contribution in [0.5, 0.6) is 5.75 Å². The Labute approximate surface area is 142 Å². The maximum absolute atomic E-state index is 12.2. The molecule has 1 amide bonds. The highest BCUT2D eigenvalue weighted by molar-refractivity contribution is 5.99. The Bertz CT molecular complexity index is 752. The Balaban J connectivity index is 1.99. The number of carbonyl (C=O) groups is 1. The number of hydrazone groups is 1. The highest BCUT2D eigenvalue weighted by Crippen LogP contribution is 2.21. The molecule has 126 valence electrons. The Morgan fingerprint density at radius 3 is 2.50 bits per heavy atom. The lowest BCUT2D eigenvalue weighted by Crippen LogP contribution is -2.34. The zero-order valence-electron chi connectivity index (χ0n) is 14.5. The largest absolute Gasteiger partial charge is 0.481 e. The Kier molecular flexibility index (Phi) is 5.58. The van der Waals surface area contributed by atoms with Crippen LogP contribution in [0, 0.1) is 13.8 Å². The van der Waals surface area contributed by atoms with Gasteiger partial charge in [0.1, 0.15) is 5.75 Å². The van der Waals surface area contributed by atoms with E-state index in [1.807, 2.05) is 51.1 Å². The second kappa shape index (κ2) is 7.64. The average Bonchev–Trinajstić information content (AvgIpc) is 2.57. The van der Waals surface area contributed by atoms with Crippen molar-refractivity contribution >= 4 is 17.3 Å². The minimum Gasteiger partial charge on any atom is -0.481 e. The first kappa shape index (κ1) is 17.5. The number of aryl methyl sites for hydroxylation is 1. The van der Waals surface area contributed by atoms with E-state index in [9.17, 15) is 4.79 Å². The van der Waals surface area contributed by atoms with E-state index in [0.717, 1.165) is 16.7 Å². The van der Waals surface area contributed by atoms with Crippen LogP contribution in [0.4, 0.5) is 5.69 Å². The lowest BCUT2D eigenvalue weighted by Gasteiger charge is -2.16. The summed E-state index contributed by atoms with van der Waals surface area (Å²) in [6.45, 7) is 7.50. The molecule has 0 aliphatic rings. The van der Waals surface area contributed by atoms with Crippen molar-refractivity contribution in [2.24, 2.45) is 5.10 Å². The molecule has 24 heavy (non-hydrogen) atoms. The molecule has 0 fully saturated rings. The number of nitrogens with zero attached hydrogens (tertiary/aromatic N) is 1. The summed E-state index contributed by atoms with van der Waals surface area (Å²) in [5.74, 6) is 0.405. The summed E-state index contributed by atoms with van der Waals surface area (Å²) in [4.78, 5) is 12.2. The van der Waals surface area contributed by atoms with Crippen molar-refractivity contribution in [2.75, 3.05) is 5.73 Å². The van der Waals surface area contributed by atoms with Gasteiger partial charge < -0.3 is 10.5 Å². The normalized spacial score (nSPS) is 12.6. The van der Waals surface area contributed by atoms with E-state index in [4.69, 9.17) is 10.5 Å². The number of ether oxygens (including phenoxy) is 1. The van der Waals surface area contributed by atoms with Crippen molar-refractivity contribution in [3.8, 4) is 5.75 Å². The molecule has 2 aromatic rings. The molecule has 0 saturated carbocycles. The third-order valence-electron chi connectivity index (χ3n) is 3.89. The number of benzene rings is 2. The summed E-state index contributed by atoms with van der Waals surface area (Å²) < 4.78 is 5.74. The predicted molar refractivity (Wildman–Crippen MR) is 97.2 cm³/mol. The molecule has 2 rings (SSSR count). The predicted octanol–water partition coefficient (Wildman–Crippen LogP) is 3.19. The molecule has 0 bridgehead atoms. The zero-order valence-corrected chi connectivity index (χ0v) is 14.5. The van der Waals surface area contributed by atoms with E-state index in [2.05, 4.69) is 10.5 Å². The highest BCUT2D eigenvalue weighted by atomic mass is 16.5. The van der Waals surface area contributed by atoms with Crippen LogP contribution in [0.3, 0.4) is 0 Å². The van der Waals surface area contributed by atoms with Gasteiger partial charge in [0.25, 0.3) is 5.91 Å². The minimum atomic E-state index is -0.645. The Morgan fingerprint density at radius 1 is 1.17 bits per heavy atom. The fourth-order valence-electron chi connectivity index (χ4n) is 2.11. The van der Waals surface area contributed by atoms with Gasteiger partial charge in [0.15, 0.2) is 6.10 Å². The summed E-state index contributed by atoms with van der Waals surface area (Å²) >= 11 is 0. The molecule has 0 aromatic heterocycles. The lowest BCUT2D eigenvalue weighted by molar-refractivity contribution is -0.127. The number of rotatable bonds is 5. The van der Waals surface area contributed by atoms with Gasteiger partial charge in [0.05, 0.1) is 5.71 Å². The zero-order chi connectivity index (χ0) is 17.7. The Morgan fingerprint density at radius 2 is 1.83 bits per heavy atom. The topological polar surface area (TPSA) is 76.7 Å².